The average Bonchev–Trinajstić information content (AvgIpc) is 2.46. The van der Waals surface area contributed by atoms with Crippen LogP contribution in [0.15, 0.2) is 24.3 Å². The molecule has 5 heteroatoms. The molecule has 0 spiro atoms. The van der Waals surface area contributed by atoms with Crippen molar-refractivity contribution in [1.29, 1.82) is 0 Å². The molecule has 0 aliphatic rings. The van der Waals surface area contributed by atoms with Crippen molar-refractivity contribution in [3.63, 3.8) is 0 Å². The molecule has 0 saturated carbocycles. The van der Waals surface area contributed by atoms with Crippen LogP contribution in [0.3, 0.4) is 0 Å². The molecule has 0 aliphatic heterocycles. The van der Waals surface area contributed by atoms with Gasteiger partial charge < -0.3 is 9.64 Å². The molecular formula is C15H21Cl2NO2. The standard InChI is InChI=1S/C15H21Cl2NO2/c1-3-13(4-2)18(10-9-16)15(19)11-20-14-7-5-12(17)6-8-14/h5-8,13H,3-4,9-11H2,1-2H3. The molecule has 112 valence electrons. The number of benzene rings is 1. The normalized spacial score (nSPS) is 10.7. The number of ether oxygens (including phenoxy) is 1. The molecule has 0 N–H and O–H groups in total. The molecule has 0 radical (unpaired) electrons. The Labute approximate surface area is 130 Å². The first-order valence-corrected chi connectivity index (χ1v) is 7.77. The lowest BCUT2D eigenvalue weighted by atomic mass is 10.1. The fourth-order valence-corrected chi connectivity index (χ4v) is 2.40. The molecule has 0 saturated heterocycles. The summed E-state index contributed by atoms with van der Waals surface area (Å²) in [6.45, 7) is 4.72. The van der Waals surface area contributed by atoms with Gasteiger partial charge in [0, 0.05) is 23.5 Å². The van der Waals surface area contributed by atoms with E-state index in [0.29, 0.717) is 23.2 Å². The first-order valence-electron chi connectivity index (χ1n) is 6.86. The summed E-state index contributed by atoms with van der Waals surface area (Å²) in [6.07, 6.45) is 1.83. The Morgan fingerprint density at radius 3 is 2.35 bits per heavy atom. The first-order chi connectivity index (χ1) is 9.62. The summed E-state index contributed by atoms with van der Waals surface area (Å²) in [5, 5.41) is 0.643. The van der Waals surface area contributed by atoms with E-state index < -0.39 is 0 Å². The summed E-state index contributed by atoms with van der Waals surface area (Å²) in [5.74, 6) is 1.04. The molecule has 0 aromatic heterocycles. The van der Waals surface area contributed by atoms with Gasteiger partial charge in [0.1, 0.15) is 5.75 Å². The van der Waals surface area contributed by atoms with Crippen molar-refractivity contribution in [2.24, 2.45) is 0 Å². The Morgan fingerprint density at radius 1 is 1.25 bits per heavy atom. The molecule has 0 heterocycles. The lowest BCUT2D eigenvalue weighted by Crippen LogP contribution is -2.43. The maximum Gasteiger partial charge on any atom is 0.260 e. The molecule has 0 fully saturated rings. The van der Waals surface area contributed by atoms with Gasteiger partial charge in [0.25, 0.3) is 5.91 Å². The van der Waals surface area contributed by atoms with Gasteiger partial charge in [-0.2, -0.15) is 0 Å². The number of hydrogen-bond acceptors (Lipinski definition) is 2. The minimum atomic E-state index is -0.0331. The summed E-state index contributed by atoms with van der Waals surface area (Å²) in [5.41, 5.74) is 0. The average molecular weight is 318 g/mol. The van der Waals surface area contributed by atoms with Crippen LogP contribution in [0.25, 0.3) is 0 Å². The van der Waals surface area contributed by atoms with Crippen LogP contribution in [-0.4, -0.2) is 35.9 Å². The number of nitrogens with zero attached hydrogens (tertiary/aromatic N) is 1. The Morgan fingerprint density at radius 2 is 1.85 bits per heavy atom. The Balaban J connectivity index is 2.59. The van der Waals surface area contributed by atoms with Gasteiger partial charge in [-0.3, -0.25) is 4.79 Å². The number of rotatable bonds is 8. The molecular weight excluding hydrogens is 297 g/mol. The second-order valence-corrected chi connectivity index (χ2v) is 5.30. The maximum atomic E-state index is 12.2. The first kappa shape index (κ1) is 17.1. The summed E-state index contributed by atoms with van der Waals surface area (Å²) in [6, 6.07) is 7.18. The van der Waals surface area contributed by atoms with E-state index in [-0.39, 0.29) is 18.6 Å². The molecule has 1 rings (SSSR count). The number of halogens is 2. The summed E-state index contributed by atoms with van der Waals surface area (Å²) in [4.78, 5) is 14.1. The number of alkyl halides is 1. The lowest BCUT2D eigenvalue weighted by molar-refractivity contribution is -0.135. The minimum Gasteiger partial charge on any atom is -0.484 e. The van der Waals surface area contributed by atoms with Gasteiger partial charge in [-0.1, -0.05) is 25.4 Å². The van der Waals surface area contributed by atoms with E-state index in [4.69, 9.17) is 27.9 Å². The van der Waals surface area contributed by atoms with Gasteiger partial charge in [-0.25, -0.2) is 0 Å². The minimum absolute atomic E-state index is 0.0228. The van der Waals surface area contributed by atoms with Crippen molar-refractivity contribution in [3.05, 3.63) is 29.3 Å². The lowest BCUT2D eigenvalue weighted by Gasteiger charge is -2.30. The second-order valence-electron chi connectivity index (χ2n) is 4.49. The SMILES string of the molecule is CCC(CC)N(CCCl)C(=O)COc1ccc(Cl)cc1. The highest BCUT2D eigenvalue weighted by Gasteiger charge is 2.20. The van der Waals surface area contributed by atoms with E-state index in [0.717, 1.165) is 12.8 Å². The van der Waals surface area contributed by atoms with E-state index in [1.807, 2.05) is 4.90 Å². The predicted molar refractivity (Wildman–Crippen MR) is 83.8 cm³/mol. The van der Waals surface area contributed by atoms with Crippen molar-refractivity contribution >= 4 is 29.1 Å². The third-order valence-corrected chi connectivity index (χ3v) is 3.63. The highest BCUT2D eigenvalue weighted by Crippen LogP contribution is 2.16. The Kier molecular flexibility index (Phi) is 7.78. The topological polar surface area (TPSA) is 29.5 Å². The van der Waals surface area contributed by atoms with Crippen molar-refractivity contribution in [3.8, 4) is 5.75 Å². The van der Waals surface area contributed by atoms with Gasteiger partial charge in [0.05, 0.1) is 0 Å². The third-order valence-electron chi connectivity index (χ3n) is 3.20. The molecule has 0 atom stereocenters. The zero-order valence-corrected chi connectivity index (χ0v) is 13.5. The van der Waals surface area contributed by atoms with Crippen LogP contribution in [0.5, 0.6) is 5.75 Å². The largest absolute Gasteiger partial charge is 0.484 e. The van der Waals surface area contributed by atoms with Crippen LogP contribution < -0.4 is 4.74 Å². The van der Waals surface area contributed by atoms with Gasteiger partial charge in [-0.15, -0.1) is 11.6 Å². The van der Waals surface area contributed by atoms with Crippen molar-refractivity contribution in [1.82, 2.24) is 4.90 Å². The molecule has 20 heavy (non-hydrogen) atoms. The van der Waals surface area contributed by atoms with Crippen LogP contribution in [0.4, 0.5) is 0 Å². The van der Waals surface area contributed by atoms with Crippen LogP contribution >= 0.6 is 23.2 Å². The van der Waals surface area contributed by atoms with Crippen LogP contribution in [0.1, 0.15) is 26.7 Å². The second kappa shape index (κ2) is 9.09. The van der Waals surface area contributed by atoms with Gasteiger partial charge in [0.2, 0.25) is 0 Å². The summed E-state index contributed by atoms with van der Waals surface area (Å²) in [7, 11) is 0. The molecule has 1 aromatic carbocycles. The molecule has 0 aliphatic carbocycles. The van der Waals surface area contributed by atoms with E-state index in [9.17, 15) is 4.79 Å². The van der Waals surface area contributed by atoms with Crippen LogP contribution in [0, 0.1) is 0 Å². The molecule has 1 amide bonds. The Bertz CT molecular complexity index is 405. The number of carbonyl (C=O) groups is 1. The van der Waals surface area contributed by atoms with Gasteiger partial charge in [-0.05, 0) is 37.1 Å². The molecule has 1 aromatic rings. The number of carbonyl (C=O) groups excluding carboxylic acids is 1. The molecule has 3 nitrogen and oxygen atoms in total. The molecule has 0 unspecified atom stereocenters. The summed E-state index contributed by atoms with van der Waals surface area (Å²) < 4.78 is 5.50. The van der Waals surface area contributed by atoms with E-state index in [1.165, 1.54) is 0 Å². The Hall–Kier alpha value is -0.930. The zero-order valence-electron chi connectivity index (χ0n) is 11.9. The van der Waals surface area contributed by atoms with Crippen molar-refractivity contribution < 1.29 is 9.53 Å². The van der Waals surface area contributed by atoms with Crippen LogP contribution in [-0.2, 0) is 4.79 Å². The smallest absolute Gasteiger partial charge is 0.260 e. The molecule has 0 bridgehead atoms. The zero-order chi connectivity index (χ0) is 15.0. The van der Waals surface area contributed by atoms with Gasteiger partial charge in [0.15, 0.2) is 6.61 Å². The number of amides is 1. The van der Waals surface area contributed by atoms with E-state index in [2.05, 4.69) is 13.8 Å². The van der Waals surface area contributed by atoms with Crippen molar-refractivity contribution in [2.75, 3.05) is 19.0 Å². The van der Waals surface area contributed by atoms with E-state index in [1.54, 1.807) is 24.3 Å². The fourth-order valence-electron chi connectivity index (χ4n) is 2.09. The van der Waals surface area contributed by atoms with Crippen LogP contribution in [0.2, 0.25) is 5.02 Å². The maximum absolute atomic E-state index is 12.2. The van der Waals surface area contributed by atoms with Gasteiger partial charge >= 0.3 is 0 Å². The highest BCUT2D eigenvalue weighted by molar-refractivity contribution is 6.30. The quantitative estimate of drug-likeness (QED) is 0.679. The monoisotopic (exact) mass is 317 g/mol. The fraction of sp³-hybridized carbons (Fsp3) is 0.533. The summed E-state index contributed by atoms with van der Waals surface area (Å²) >= 11 is 11.6. The predicted octanol–water partition coefficient (Wildman–Crippen LogP) is 3.97. The number of hydrogen-bond donors (Lipinski definition) is 0. The van der Waals surface area contributed by atoms with Crippen molar-refractivity contribution in [2.45, 2.75) is 32.7 Å². The van der Waals surface area contributed by atoms with E-state index >= 15 is 0 Å². The third kappa shape index (κ3) is 5.22. The highest BCUT2D eigenvalue weighted by atomic mass is 35.5.